The Bertz CT molecular complexity index is 406. The fourth-order valence-electron chi connectivity index (χ4n) is 2.38. The summed E-state index contributed by atoms with van der Waals surface area (Å²) in [7, 11) is 0. The number of aliphatic hydroxyl groups excluding tert-OH is 1. The normalized spacial score (nSPS) is 17.8. The molecule has 1 aliphatic rings. The van der Waals surface area contributed by atoms with Crippen molar-refractivity contribution in [2.45, 2.75) is 25.5 Å². The third-order valence-electron chi connectivity index (χ3n) is 3.45. The number of nitrogens with two attached hydrogens (primary N) is 1. The van der Waals surface area contributed by atoms with Gasteiger partial charge in [-0.25, -0.2) is 4.39 Å². The summed E-state index contributed by atoms with van der Waals surface area (Å²) in [5.41, 5.74) is 6.60. The van der Waals surface area contributed by atoms with Gasteiger partial charge in [0.25, 0.3) is 0 Å². The second-order valence-corrected chi connectivity index (χ2v) is 4.93. The lowest BCUT2D eigenvalue weighted by molar-refractivity contribution is -0.00902. The molecule has 0 radical (unpaired) electrons. The van der Waals surface area contributed by atoms with E-state index in [4.69, 9.17) is 15.6 Å². The molecule has 0 unspecified atom stereocenters. The highest BCUT2D eigenvalue weighted by Gasteiger charge is 2.19. The van der Waals surface area contributed by atoms with Crippen LogP contribution in [0.4, 0.5) is 10.1 Å². The third kappa shape index (κ3) is 4.16. The van der Waals surface area contributed by atoms with Crippen LogP contribution in [0.1, 0.15) is 18.4 Å². The first-order chi connectivity index (χ1) is 9.19. The number of aliphatic hydroxyl groups is 1. The fraction of sp³-hybridized carbons (Fsp3) is 0.571. The first kappa shape index (κ1) is 14.2. The summed E-state index contributed by atoms with van der Waals surface area (Å²) in [5.74, 6) is -0.348. The fourth-order valence-corrected chi connectivity index (χ4v) is 2.38. The van der Waals surface area contributed by atoms with E-state index in [-0.39, 0.29) is 24.2 Å². The molecule has 19 heavy (non-hydrogen) atoms. The Morgan fingerprint density at radius 2 is 2.11 bits per heavy atom. The summed E-state index contributed by atoms with van der Waals surface area (Å²) in [6, 6.07) is 4.98. The maximum atomic E-state index is 13.3. The van der Waals surface area contributed by atoms with Crippen LogP contribution in [-0.2, 0) is 11.3 Å². The quantitative estimate of drug-likeness (QED) is 0.792. The van der Waals surface area contributed by atoms with Gasteiger partial charge in [-0.05, 0) is 30.5 Å². The van der Waals surface area contributed by atoms with Gasteiger partial charge in [0.1, 0.15) is 5.82 Å². The van der Waals surface area contributed by atoms with Crippen LogP contribution in [0, 0.1) is 5.82 Å². The van der Waals surface area contributed by atoms with E-state index in [2.05, 4.69) is 4.90 Å². The minimum absolute atomic E-state index is 0.0743. The predicted octanol–water partition coefficient (Wildman–Crippen LogP) is 1.38. The van der Waals surface area contributed by atoms with Crippen molar-refractivity contribution in [3.05, 3.63) is 29.6 Å². The molecule has 4 nitrogen and oxygen atoms in total. The van der Waals surface area contributed by atoms with Gasteiger partial charge in [-0.1, -0.05) is 6.07 Å². The first-order valence-corrected chi connectivity index (χ1v) is 6.68. The molecular weight excluding hydrogens is 247 g/mol. The maximum Gasteiger partial charge on any atom is 0.146 e. The average Bonchev–Trinajstić information content (AvgIpc) is 2.42. The Morgan fingerprint density at radius 1 is 1.37 bits per heavy atom. The van der Waals surface area contributed by atoms with Gasteiger partial charge >= 0.3 is 0 Å². The number of rotatable bonds is 5. The average molecular weight is 268 g/mol. The van der Waals surface area contributed by atoms with Gasteiger partial charge in [0.2, 0.25) is 0 Å². The van der Waals surface area contributed by atoms with E-state index in [1.54, 1.807) is 6.07 Å². The van der Waals surface area contributed by atoms with Crippen molar-refractivity contribution in [2.24, 2.45) is 0 Å². The zero-order valence-corrected chi connectivity index (χ0v) is 11.0. The second-order valence-electron chi connectivity index (χ2n) is 4.93. The Balaban J connectivity index is 1.80. The number of nitrogens with zero attached hydrogens (tertiary/aromatic N) is 1. The number of hydrogen-bond acceptors (Lipinski definition) is 4. The van der Waals surface area contributed by atoms with Crippen molar-refractivity contribution >= 4 is 5.69 Å². The van der Waals surface area contributed by atoms with Crippen molar-refractivity contribution < 1.29 is 14.2 Å². The van der Waals surface area contributed by atoms with Crippen LogP contribution in [0.2, 0.25) is 0 Å². The third-order valence-corrected chi connectivity index (χ3v) is 3.45. The number of halogens is 1. The molecule has 0 spiro atoms. The molecule has 0 saturated carbocycles. The van der Waals surface area contributed by atoms with Gasteiger partial charge in [-0.3, -0.25) is 4.90 Å². The van der Waals surface area contributed by atoms with Crippen LogP contribution in [0.15, 0.2) is 18.2 Å². The maximum absolute atomic E-state index is 13.3. The van der Waals surface area contributed by atoms with Crippen LogP contribution in [-0.4, -0.2) is 42.4 Å². The number of likely N-dealkylation sites (tertiary alicyclic amines) is 1. The number of nitrogen functional groups attached to an aromatic ring is 1. The molecule has 1 fully saturated rings. The van der Waals surface area contributed by atoms with Crippen LogP contribution < -0.4 is 5.73 Å². The SMILES string of the molecule is Nc1ccc(CN2CCC(OCCO)CC2)cc1F. The number of piperidine rings is 1. The summed E-state index contributed by atoms with van der Waals surface area (Å²) in [6.07, 6.45) is 2.15. The van der Waals surface area contributed by atoms with Gasteiger partial charge in [0, 0.05) is 19.6 Å². The molecule has 1 aromatic rings. The van der Waals surface area contributed by atoms with E-state index >= 15 is 0 Å². The second kappa shape index (κ2) is 6.84. The molecule has 0 amide bonds. The molecule has 1 aromatic carbocycles. The highest BCUT2D eigenvalue weighted by Crippen LogP contribution is 2.18. The molecule has 1 heterocycles. The lowest BCUT2D eigenvalue weighted by Gasteiger charge is -2.31. The first-order valence-electron chi connectivity index (χ1n) is 6.68. The van der Waals surface area contributed by atoms with Crippen LogP contribution in [0.3, 0.4) is 0 Å². The van der Waals surface area contributed by atoms with Crippen molar-refractivity contribution in [3.63, 3.8) is 0 Å². The van der Waals surface area contributed by atoms with Crippen molar-refractivity contribution in [3.8, 4) is 0 Å². The van der Waals surface area contributed by atoms with Gasteiger partial charge in [0.15, 0.2) is 0 Å². The van der Waals surface area contributed by atoms with E-state index in [0.717, 1.165) is 38.0 Å². The highest BCUT2D eigenvalue weighted by molar-refractivity contribution is 5.41. The smallest absolute Gasteiger partial charge is 0.146 e. The molecule has 2 rings (SSSR count). The lowest BCUT2D eigenvalue weighted by atomic mass is 10.1. The standard InChI is InChI=1S/C14H21FN2O2/c15-13-9-11(1-2-14(13)16)10-17-5-3-12(4-6-17)19-8-7-18/h1-2,9,12,18H,3-8,10,16H2. The van der Waals surface area contributed by atoms with E-state index in [1.807, 2.05) is 6.07 Å². The number of hydrogen-bond donors (Lipinski definition) is 2. The van der Waals surface area contributed by atoms with Gasteiger partial charge in [0.05, 0.1) is 25.0 Å². The highest BCUT2D eigenvalue weighted by atomic mass is 19.1. The Morgan fingerprint density at radius 3 is 2.74 bits per heavy atom. The number of benzene rings is 1. The molecule has 5 heteroatoms. The Labute approximate surface area is 113 Å². The van der Waals surface area contributed by atoms with E-state index in [1.165, 1.54) is 6.07 Å². The number of ether oxygens (including phenoxy) is 1. The van der Waals surface area contributed by atoms with Crippen LogP contribution in [0.5, 0.6) is 0 Å². The molecule has 0 aromatic heterocycles. The summed E-state index contributed by atoms with van der Waals surface area (Å²) >= 11 is 0. The van der Waals surface area contributed by atoms with E-state index < -0.39 is 0 Å². The summed E-state index contributed by atoms with van der Waals surface area (Å²) in [4.78, 5) is 2.28. The molecule has 1 saturated heterocycles. The largest absolute Gasteiger partial charge is 0.396 e. The number of anilines is 1. The summed E-state index contributed by atoms with van der Waals surface area (Å²) in [5, 5.41) is 8.71. The molecule has 1 aliphatic heterocycles. The predicted molar refractivity (Wildman–Crippen MR) is 72.1 cm³/mol. The monoisotopic (exact) mass is 268 g/mol. The zero-order valence-electron chi connectivity index (χ0n) is 11.0. The van der Waals surface area contributed by atoms with E-state index in [0.29, 0.717) is 6.61 Å². The minimum Gasteiger partial charge on any atom is -0.396 e. The minimum atomic E-state index is -0.348. The topological polar surface area (TPSA) is 58.7 Å². The molecule has 0 atom stereocenters. The molecule has 106 valence electrons. The zero-order chi connectivity index (χ0) is 13.7. The van der Waals surface area contributed by atoms with Crippen molar-refractivity contribution in [2.75, 3.05) is 32.0 Å². The summed E-state index contributed by atoms with van der Waals surface area (Å²) < 4.78 is 18.9. The van der Waals surface area contributed by atoms with Gasteiger partial charge in [-0.15, -0.1) is 0 Å². The van der Waals surface area contributed by atoms with E-state index in [9.17, 15) is 4.39 Å². The van der Waals surface area contributed by atoms with Crippen LogP contribution in [0.25, 0.3) is 0 Å². The molecular formula is C14H21FN2O2. The Kier molecular flexibility index (Phi) is 5.13. The molecule has 0 bridgehead atoms. The van der Waals surface area contributed by atoms with Crippen molar-refractivity contribution in [1.29, 1.82) is 0 Å². The molecule has 0 aliphatic carbocycles. The lowest BCUT2D eigenvalue weighted by Crippen LogP contribution is -2.36. The van der Waals surface area contributed by atoms with Gasteiger partial charge < -0.3 is 15.6 Å². The van der Waals surface area contributed by atoms with Crippen molar-refractivity contribution in [1.82, 2.24) is 4.90 Å². The van der Waals surface area contributed by atoms with Gasteiger partial charge in [-0.2, -0.15) is 0 Å². The molecule has 3 N–H and O–H groups in total. The van der Waals surface area contributed by atoms with Crippen LogP contribution >= 0.6 is 0 Å². The summed E-state index contributed by atoms with van der Waals surface area (Å²) in [6.45, 7) is 3.09. The Hall–Kier alpha value is -1.17.